The highest BCUT2D eigenvalue weighted by Crippen LogP contribution is 2.24. The number of rotatable bonds is 4. The SMILES string of the molecule is Cc1ccc(NC(=S)N[C@H](C)c2ccc(N3CCC[C@H](C)C3)cc2)cc1. The third kappa shape index (κ3) is 4.98. The number of nitrogens with zero attached hydrogens (tertiary/aromatic N) is 1. The van der Waals surface area contributed by atoms with Gasteiger partial charge in [-0.3, -0.25) is 0 Å². The Morgan fingerprint density at radius 2 is 1.81 bits per heavy atom. The van der Waals surface area contributed by atoms with E-state index in [1.807, 2.05) is 12.1 Å². The number of hydrogen-bond acceptors (Lipinski definition) is 2. The van der Waals surface area contributed by atoms with E-state index in [1.165, 1.54) is 36.2 Å². The Bertz CT molecular complexity index is 724. The van der Waals surface area contributed by atoms with Gasteiger partial charge in [0.25, 0.3) is 0 Å². The van der Waals surface area contributed by atoms with E-state index in [2.05, 4.69) is 72.7 Å². The van der Waals surface area contributed by atoms with E-state index in [4.69, 9.17) is 12.2 Å². The second kappa shape index (κ2) is 8.54. The van der Waals surface area contributed by atoms with Crippen molar-refractivity contribution in [1.29, 1.82) is 0 Å². The number of piperidine rings is 1. The van der Waals surface area contributed by atoms with E-state index in [-0.39, 0.29) is 6.04 Å². The maximum absolute atomic E-state index is 5.46. The molecule has 0 radical (unpaired) electrons. The Kier molecular flexibility index (Phi) is 6.15. The molecule has 1 fully saturated rings. The predicted octanol–water partition coefficient (Wildman–Crippen LogP) is 5.28. The molecule has 26 heavy (non-hydrogen) atoms. The maximum Gasteiger partial charge on any atom is 0.171 e. The van der Waals surface area contributed by atoms with Gasteiger partial charge in [0.05, 0.1) is 6.04 Å². The quantitative estimate of drug-likeness (QED) is 0.719. The highest BCUT2D eigenvalue weighted by molar-refractivity contribution is 7.80. The van der Waals surface area contributed by atoms with Gasteiger partial charge in [0.1, 0.15) is 0 Å². The number of anilines is 2. The Morgan fingerprint density at radius 1 is 1.12 bits per heavy atom. The first-order chi connectivity index (χ1) is 12.5. The first-order valence-corrected chi connectivity index (χ1v) is 9.91. The van der Waals surface area contributed by atoms with Crippen LogP contribution in [0.15, 0.2) is 48.5 Å². The van der Waals surface area contributed by atoms with E-state index in [1.54, 1.807) is 0 Å². The second-order valence-corrected chi connectivity index (χ2v) is 7.88. The lowest BCUT2D eigenvalue weighted by Crippen LogP contribution is -2.34. The van der Waals surface area contributed by atoms with E-state index < -0.39 is 0 Å². The largest absolute Gasteiger partial charge is 0.371 e. The fourth-order valence-electron chi connectivity index (χ4n) is 3.48. The van der Waals surface area contributed by atoms with Gasteiger partial charge in [-0.05, 0) is 74.7 Å². The van der Waals surface area contributed by atoms with Gasteiger partial charge < -0.3 is 15.5 Å². The van der Waals surface area contributed by atoms with Crippen LogP contribution in [0.2, 0.25) is 0 Å². The van der Waals surface area contributed by atoms with Crippen LogP contribution < -0.4 is 15.5 Å². The zero-order valence-electron chi connectivity index (χ0n) is 16.0. The lowest BCUT2D eigenvalue weighted by molar-refractivity contribution is 0.447. The van der Waals surface area contributed by atoms with Crippen molar-refractivity contribution < 1.29 is 0 Å². The topological polar surface area (TPSA) is 27.3 Å². The van der Waals surface area contributed by atoms with Crippen LogP contribution in [0.4, 0.5) is 11.4 Å². The van der Waals surface area contributed by atoms with Crippen LogP contribution in [0.5, 0.6) is 0 Å². The molecule has 0 unspecified atom stereocenters. The van der Waals surface area contributed by atoms with Crippen molar-refractivity contribution in [2.24, 2.45) is 5.92 Å². The van der Waals surface area contributed by atoms with Gasteiger partial charge in [-0.15, -0.1) is 0 Å². The number of benzene rings is 2. The van der Waals surface area contributed by atoms with Crippen molar-refractivity contribution in [3.63, 3.8) is 0 Å². The molecule has 3 nitrogen and oxygen atoms in total. The molecular weight excluding hydrogens is 338 g/mol. The summed E-state index contributed by atoms with van der Waals surface area (Å²) in [4.78, 5) is 2.50. The maximum atomic E-state index is 5.46. The van der Waals surface area contributed by atoms with Crippen LogP contribution in [0.3, 0.4) is 0 Å². The third-order valence-electron chi connectivity index (χ3n) is 5.07. The Balaban J connectivity index is 1.56. The van der Waals surface area contributed by atoms with Crippen LogP contribution in [0.25, 0.3) is 0 Å². The Morgan fingerprint density at radius 3 is 2.46 bits per heavy atom. The van der Waals surface area contributed by atoms with Crippen LogP contribution in [-0.2, 0) is 0 Å². The summed E-state index contributed by atoms with van der Waals surface area (Å²) in [6, 6.07) is 17.3. The summed E-state index contributed by atoms with van der Waals surface area (Å²) in [5.41, 5.74) is 4.82. The number of nitrogens with one attached hydrogen (secondary N) is 2. The summed E-state index contributed by atoms with van der Waals surface area (Å²) in [6.45, 7) is 8.89. The second-order valence-electron chi connectivity index (χ2n) is 7.47. The monoisotopic (exact) mass is 367 g/mol. The highest BCUT2D eigenvalue weighted by Gasteiger charge is 2.17. The number of thiocarbonyl (C=S) groups is 1. The molecule has 2 atom stereocenters. The average Bonchev–Trinajstić information content (AvgIpc) is 2.64. The van der Waals surface area contributed by atoms with Gasteiger partial charge in [0.2, 0.25) is 0 Å². The van der Waals surface area contributed by atoms with E-state index in [0.29, 0.717) is 5.11 Å². The standard InChI is InChI=1S/C22H29N3S/c1-16-6-10-20(11-7-16)24-22(26)23-18(3)19-8-12-21(13-9-19)25-14-4-5-17(2)15-25/h6-13,17-18H,4-5,14-15H2,1-3H3,(H2,23,24,26)/t17-,18+/m0/s1. The molecule has 2 aromatic carbocycles. The average molecular weight is 368 g/mol. The Hall–Kier alpha value is -2.07. The molecule has 2 N–H and O–H groups in total. The summed E-state index contributed by atoms with van der Waals surface area (Å²) in [5.74, 6) is 0.786. The van der Waals surface area contributed by atoms with Crippen LogP contribution in [0, 0.1) is 12.8 Å². The molecule has 3 rings (SSSR count). The van der Waals surface area contributed by atoms with Gasteiger partial charge in [-0.2, -0.15) is 0 Å². The van der Waals surface area contributed by atoms with Gasteiger partial charge in [0, 0.05) is 24.5 Å². The molecule has 2 aromatic rings. The molecule has 0 saturated carbocycles. The summed E-state index contributed by atoms with van der Waals surface area (Å²) < 4.78 is 0. The summed E-state index contributed by atoms with van der Waals surface area (Å²) in [7, 11) is 0. The molecule has 0 bridgehead atoms. The van der Waals surface area contributed by atoms with Gasteiger partial charge in [-0.25, -0.2) is 0 Å². The molecule has 0 amide bonds. The first kappa shape index (κ1) is 18.7. The molecule has 138 valence electrons. The highest BCUT2D eigenvalue weighted by atomic mass is 32.1. The third-order valence-corrected chi connectivity index (χ3v) is 5.29. The Labute approximate surface area is 162 Å². The molecule has 1 saturated heterocycles. The van der Waals surface area contributed by atoms with Crippen molar-refractivity contribution in [2.45, 2.75) is 39.7 Å². The smallest absolute Gasteiger partial charge is 0.171 e. The minimum Gasteiger partial charge on any atom is -0.371 e. The fourth-order valence-corrected chi connectivity index (χ4v) is 3.78. The minimum absolute atomic E-state index is 0.162. The van der Waals surface area contributed by atoms with Crippen LogP contribution in [-0.4, -0.2) is 18.2 Å². The summed E-state index contributed by atoms with van der Waals surface area (Å²) >= 11 is 5.46. The predicted molar refractivity (Wildman–Crippen MR) is 116 cm³/mol. The van der Waals surface area contributed by atoms with Gasteiger partial charge in [0.15, 0.2) is 5.11 Å². The molecule has 0 aromatic heterocycles. The van der Waals surface area contributed by atoms with Crippen LogP contribution >= 0.6 is 12.2 Å². The van der Waals surface area contributed by atoms with Crippen molar-refractivity contribution in [2.75, 3.05) is 23.3 Å². The molecule has 1 aliphatic rings. The molecule has 1 heterocycles. The normalized spacial score (nSPS) is 18.3. The summed E-state index contributed by atoms with van der Waals surface area (Å²) in [6.07, 6.45) is 2.64. The van der Waals surface area contributed by atoms with Crippen molar-refractivity contribution in [3.05, 3.63) is 59.7 Å². The molecule has 4 heteroatoms. The van der Waals surface area contributed by atoms with Crippen molar-refractivity contribution in [1.82, 2.24) is 5.32 Å². The number of aryl methyl sites for hydroxylation is 1. The minimum atomic E-state index is 0.162. The lowest BCUT2D eigenvalue weighted by atomic mass is 9.99. The molecule has 1 aliphatic heterocycles. The van der Waals surface area contributed by atoms with E-state index in [0.717, 1.165) is 18.2 Å². The van der Waals surface area contributed by atoms with Gasteiger partial charge >= 0.3 is 0 Å². The fraction of sp³-hybridized carbons (Fsp3) is 0.409. The molecule has 0 spiro atoms. The van der Waals surface area contributed by atoms with Crippen LogP contribution in [0.1, 0.15) is 43.9 Å². The summed E-state index contributed by atoms with van der Waals surface area (Å²) in [5, 5.41) is 7.27. The lowest BCUT2D eigenvalue weighted by Gasteiger charge is -2.33. The molecular formula is C22H29N3S. The molecule has 0 aliphatic carbocycles. The van der Waals surface area contributed by atoms with Crippen molar-refractivity contribution >= 4 is 28.7 Å². The van der Waals surface area contributed by atoms with E-state index >= 15 is 0 Å². The zero-order chi connectivity index (χ0) is 18.5. The first-order valence-electron chi connectivity index (χ1n) is 9.50. The zero-order valence-corrected chi connectivity index (χ0v) is 16.8. The number of hydrogen-bond donors (Lipinski definition) is 2. The van der Waals surface area contributed by atoms with E-state index in [9.17, 15) is 0 Å². The van der Waals surface area contributed by atoms with Crippen molar-refractivity contribution in [3.8, 4) is 0 Å². The van der Waals surface area contributed by atoms with Gasteiger partial charge in [-0.1, -0.05) is 36.8 Å².